The number of halogens is 1. The van der Waals surface area contributed by atoms with Crippen molar-refractivity contribution in [3.05, 3.63) is 36.2 Å². The Labute approximate surface area is 192 Å². The molecule has 3 aromatic heterocycles. The van der Waals surface area contributed by atoms with Gasteiger partial charge < -0.3 is 20.3 Å². The van der Waals surface area contributed by atoms with Crippen LogP contribution in [0.2, 0.25) is 0 Å². The summed E-state index contributed by atoms with van der Waals surface area (Å²) in [5, 5.41) is 11.4. The molecule has 7 nitrogen and oxygen atoms in total. The highest BCUT2D eigenvalue weighted by Gasteiger charge is 2.38. The van der Waals surface area contributed by atoms with Crippen LogP contribution in [0.5, 0.6) is 0 Å². The Morgan fingerprint density at radius 1 is 1.27 bits per heavy atom. The summed E-state index contributed by atoms with van der Waals surface area (Å²) in [6.07, 6.45) is 8.97. The summed E-state index contributed by atoms with van der Waals surface area (Å²) in [6.45, 7) is 6.98. The highest BCUT2D eigenvalue weighted by molar-refractivity contribution is 5.95. The van der Waals surface area contributed by atoms with Gasteiger partial charge in [-0.25, -0.2) is 19.3 Å². The first-order valence-electron chi connectivity index (χ1n) is 11.6. The number of nitrogens with two attached hydrogens (primary N) is 1. The van der Waals surface area contributed by atoms with E-state index in [1.54, 1.807) is 13.1 Å². The number of pyridine rings is 1. The van der Waals surface area contributed by atoms with Crippen LogP contribution in [-0.2, 0) is 0 Å². The van der Waals surface area contributed by atoms with E-state index in [1.807, 2.05) is 12.3 Å². The molecule has 0 radical (unpaired) electrons. The molecule has 3 N–H and O–H groups in total. The highest BCUT2D eigenvalue weighted by Crippen LogP contribution is 2.39. The summed E-state index contributed by atoms with van der Waals surface area (Å²) in [5.74, 6) is 5.72. The Morgan fingerprint density at radius 3 is 2.85 bits per heavy atom. The molecule has 1 saturated heterocycles. The summed E-state index contributed by atoms with van der Waals surface area (Å²) >= 11 is 0. The summed E-state index contributed by atoms with van der Waals surface area (Å²) in [6, 6.07) is 2.12. The zero-order chi connectivity index (χ0) is 23.2. The van der Waals surface area contributed by atoms with Crippen LogP contribution in [-0.4, -0.2) is 54.8 Å². The fraction of sp³-hybridized carbons (Fsp3) is 0.480. The van der Waals surface area contributed by atoms with Gasteiger partial charge in [-0.05, 0) is 57.1 Å². The summed E-state index contributed by atoms with van der Waals surface area (Å²) in [4.78, 5) is 15.0. The predicted octanol–water partition coefficient (Wildman–Crippen LogP) is 3.38. The zero-order valence-corrected chi connectivity index (χ0v) is 19.1. The number of aliphatic hydroxyl groups is 1. The molecule has 172 valence electrons. The zero-order valence-electron chi connectivity index (χ0n) is 19.1. The third kappa shape index (κ3) is 4.31. The third-order valence-electron chi connectivity index (χ3n) is 6.73. The van der Waals surface area contributed by atoms with Crippen molar-refractivity contribution in [3.8, 4) is 23.1 Å². The number of hydrogen-bond donors (Lipinski definition) is 2. The number of anilines is 1. The minimum atomic E-state index is -1.02. The molecule has 2 aliphatic rings. The molecule has 0 spiro atoms. The SMILES string of the molecule is CCCN1CCC(n2cc(-c3nc(N)ncc3F)c3cc(C#CC(C)(O)C4CC4)ncc32)C1. The first kappa shape index (κ1) is 21.8. The summed E-state index contributed by atoms with van der Waals surface area (Å²) < 4.78 is 16.9. The molecule has 4 heterocycles. The van der Waals surface area contributed by atoms with Crippen molar-refractivity contribution < 1.29 is 9.50 Å². The van der Waals surface area contributed by atoms with Gasteiger partial charge >= 0.3 is 0 Å². The lowest BCUT2D eigenvalue weighted by Gasteiger charge is -2.16. The van der Waals surface area contributed by atoms with Crippen molar-refractivity contribution in [3.63, 3.8) is 0 Å². The van der Waals surface area contributed by atoms with Gasteiger partial charge in [-0.15, -0.1) is 0 Å². The molecule has 33 heavy (non-hydrogen) atoms. The van der Waals surface area contributed by atoms with Crippen LogP contribution in [0.3, 0.4) is 0 Å². The molecule has 2 atom stereocenters. The number of likely N-dealkylation sites (tertiary alicyclic amines) is 1. The molecule has 2 unspecified atom stereocenters. The maximum atomic E-state index is 14.8. The van der Waals surface area contributed by atoms with E-state index in [0.29, 0.717) is 11.3 Å². The van der Waals surface area contributed by atoms with Crippen molar-refractivity contribution >= 4 is 16.9 Å². The van der Waals surface area contributed by atoms with Crippen molar-refractivity contribution in [2.45, 2.75) is 51.2 Å². The van der Waals surface area contributed by atoms with Crippen molar-refractivity contribution in [2.75, 3.05) is 25.4 Å². The number of hydrogen-bond acceptors (Lipinski definition) is 6. The molecule has 1 aliphatic heterocycles. The number of nitrogens with zero attached hydrogens (tertiary/aromatic N) is 5. The second-order valence-corrected chi connectivity index (χ2v) is 9.38. The van der Waals surface area contributed by atoms with Crippen LogP contribution < -0.4 is 5.73 Å². The molecule has 3 aromatic rings. The van der Waals surface area contributed by atoms with Gasteiger partial charge in [0.05, 0.1) is 17.9 Å². The van der Waals surface area contributed by atoms with Gasteiger partial charge in [-0.3, -0.25) is 0 Å². The van der Waals surface area contributed by atoms with Gasteiger partial charge in [0.1, 0.15) is 17.0 Å². The van der Waals surface area contributed by atoms with E-state index < -0.39 is 11.4 Å². The number of nitrogen functional groups attached to an aromatic ring is 1. The molecule has 1 aliphatic carbocycles. The van der Waals surface area contributed by atoms with Crippen molar-refractivity contribution in [1.29, 1.82) is 0 Å². The van der Waals surface area contributed by atoms with Crippen LogP contribution >= 0.6 is 0 Å². The molecule has 0 amide bonds. The quantitative estimate of drug-likeness (QED) is 0.582. The average molecular weight is 449 g/mol. The third-order valence-corrected chi connectivity index (χ3v) is 6.73. The van der Waals surface area contributed by atoms with E-state index in [9.17, 15) is 9.50 Å². The maximum Gasteiger partial charge on any atom is 0.220 e. The Morgan fingerprint density at radius 2 is 2.09 bits per heavy atom. The van der Waals surface area contributed by atoms with Crippen LogP contribution in [0.1, 0.15) is 51.3 Å². The smallest absolute Gasteiger partial charge is 0.220 e. The summed E-state index contributed by atoms with van der Waals surface area (Å²) in [7, 11) is 0. The van der Waals surface area contributed by atoms with Crippen LogP contribution in [0.15, 0.2) is 24.7 Å². The Balaban J connectivity index is 1.60. The van der Waals surface area contributed by atoms with E-state index in [1.165, 1.54) is 0 Å². The number of fused-ring (bicyclic) bond motifs is 1. The van der Waals surface area contributed by atoms with E-state index in [0.717, 1.165) is 62.4 Å². The Hall–Kier alpha value is -3.02. The lowest BCUT2D eigenvalue weighted by Crippen LogP contribution is -2.24. The standard InChI is InChI=1S/C25H29FN6O/c1-3-9-31-10-7-18(14-31)32-15-20(23-21(26)12-29-24(27)30-23)19-11-17(28-13-22(19)32)6-8-25(2,33)16-4-5-16/h11-13,15-16,18,33H,3-5,7,9-10,14H2,1-2H3,(H2,27,29,30). The molecule has 8 heteroatoms. The van der Waals surface area contributed by atoms with Crippen LogP contribution in [0.4, 0.5) is 10.3 Å². The lowest BCUT2D eigenvalue weighted by atomic mass is 10.0. The second kappa shape index (κ2) is 8.40. The molecule has 1 saturated carbocycles. The minimum Gasteiger partial charge on any atom is -0.378 e. The fourth-order valence-electron chi connectivity index (χ4n) is 4.77. The molecule has 5 rings (SSSR count). The fourth-order valence-corrected chi connectivity index (χ4v) is 4.77. The largest absolute Gasteiger partial charge is 0.378 e. The number of rotatable bonds is 5. The number of aromatic nitrogens is 4. The monoisotopic (exact) mass is 448 g/mol. The van der Waals surface area contributed by atoms with Gasteiger partial charge in [0, 0.05) is 36.3 Å². The van der Waals surface area contributed by atoms with Crippen LogP contribution in [0.25, 0.3) is 22.2 Å². The Bertz CT molecular complexity index is 1250. The molecular weight excluding hydrogens is 419 g/mol. The first-order chi connectivity index (χ1) is 15.9. The van der Waals surface area contributed by atoms with Gasteiger partial charge in [-0.1, -0.05) is 12.8 Å². The maximum absolute atomic E-state index is 14.8. The van der Waals surface area contributed by atoms with Crippen molar-refractivity contribution in [1.82, 2.24) is 24.4 Å². The van der Waals surface area contributed by atoms with Crippen LogP contribution in [0, 0.1) is 23.6 Å². The van der Waals surface area contributed by atoms with Crippen molar-refractivity contribution in [2.24, 2.45) is 5.92 Å². The Kier molecular flexibility index (Phi) is 5.55. The first-order valence-corrected chi connectivity index (χ1v) is 11.6. The highest BCUT2D eigenvalue weighted by atomic mass is 19.1. The van der Waals surface area contributed by atoms with Gasteiger partial charge in [-0.2, -0.15) is 0 Å². The van der Waals surface area contributed by atoms with Gasteiger partial charge in [0.2, 0.25) is 5.95 Å². The molecule has 0 aromatic carbocycles. The topological polar surface area (TPSA) is 93.1 Å². The molecule has 0 bridgehead atoms. The predicted molar refractivity (Wildman–Crippen MR) is 126 cm³/mol. The normalized spacial score (nSPS) is 20.5. The van der Waals surface area contributed by atoms with E-state index in [4.69, 9.17) is 5.73 Å². The van der Waals surface area contributed by atoms with Gasteiger partial charge in [0.15, 0.2) is 5.82 Å². The van der Waals surface area contributed by atoms with E-state index in [2.05, 4.69) is 43.2 Å². The summed E-state index contributed by atoms with van der Waals surface area (Å²) in [5.41, 5.74) is 7.01. The molecule has 2 fully saturated rings. The van der Waals surface area contributed by atoms with E-state index >= 15 is 0 Å². The average Bonchev–Trinajstić information content (AvgIpc) is 3.46. The molecular formula is C25H29FN6O. The lowest BCUT2D eigenvalue weighted by molar-refractivity contribution is 0.0980. The minimum absolute atomic E-state index is 0.0249. The van der Waals surface area contributed by atoms with Gasteiger partial charge in [0.25, 0.3) is 0 Å². The second-order valence-electron chi connectivity index (χ2n) is 9.38. The van der Waals surface area contributed by atoms with E-state index in [-0.39, 0.29) is 23.6 Å².